The zero-order valence-electron chi connectivity index (χ0n) is 14.5. The van der Waals surface area contributed by atoms with Crippen LogP contribution in [0.15, 0.2) is 30.3 Å². The van der Waals surface area contributed by atoms with E-state index in [1.54, 1.807) is 0 Å². The minimum absolute atomic E-state index is 0.0230. The van der Waals surface area contributed by atoms with Crippen LogP contribution in [0.4, 0.5) is 18.0 Å². The van der Waals surface area contributed by atoms with Gasteiger partial charge in [-0.1, -0.05) is 36.8 Å². The molecule has 2 amide bonds. The Labute approximate surface area is 146 Å². The Balaban J connectivity index is 1.65. The summed E-state index contributed by atoms with van der Waals surface area (Å²) in [7, 11) is 1.96. The van der Waals surface area contributed by atoms with Crippen LogP contribution in [0.1, 0.15) is 31.2 Å². The molecule has 1 aromatic carbocycles. The van der Waals surface area contributed by atoms with E-state index < -0.39 is 18.1 Å². The lowest BCUT2D eigenvalue weighted by molar-refractivity contribution is -0.183. The molecule has 0 saturated heterocycles. The maximum absolute atomic E-state index is 12.8. The quantitative estimate of drug-likeness (QED) is 0.818. The SMILES string of the molecule is CN(CCNC(=O)NC1CCCC(C(F)(F)F)C1)Cc1ccccc1. The van der Waals surface area contributed by atoms with Crippen LogP contribution in [-0.2, 0) is 6.54 Å². The third-order valence-electron chi connectivity index (χ3n) is 4.55. The van der Waals surface area contributed by atoms with Gasteiger partial charge in [0, 0.05) is 25.7 Å². The number of rotatable bonds is 6. The van der Waals surface area contributed by atoms with E-state index in [1.165, 1.54) is 5.56 Å². The Morgan fingerprint density at radius 1 is 1.24 bits per heavy atom. The molecule has 0 bridgehead atoms. The topological polar surface area (TPSA) is 44.4 Å². The molecule has 0 spiro atoms. The van der Waals surface area contributed by atoms with Crippen LogP contribution in [0.25, 0.3) is 0 Å². The van der Waals surface area contributed by atoms with Crippen molar-refractivity contribution in [2.24, 2.45) is 5.92 Å². The van der Waals surface area contributed by atoms with Crippen LogP contribution in [0.5, 0.6) is 0 Å². The molecule has 0 aromatic heterocycles. The first kappa shape index (κ1) is 19.6. The number of benzene rings is 1. The minimum Gasteiger partial charge on any atom is -0.337 e. The Kier molecular flexibility index (Phi) is 7.11. The monoisotopic (exact) mass is 357 g/mol. The first-order valence-corrected chi connectivity index (χ1v) is 8.68. The zero-order valence-corrected chi connectivity index (χ0v) is 14.5. The van der Waals surface area contributed by atoms with Crippen LogP contribution in [0, 0.1) is 5.92 Å². The number of halogens is 3. The van der Waals surface area contributed by atoms with E-state index in [9.17, 15) is 18.0 Å². The van der Waals surface area contributed by atoms with Crippen molar-refractivity contribution in [3.8, 4) is 0 Å². The number of nitrogens with one attached hydrogen (secondary N) is 2. The van der Waals surface area contributed by atoms with Gasteiger partial charge in [0.15, 0.2) is 0 Å². The summed E-state index contributed by atoms with van der Waals surface area (Å²) in [5.41, 5.74) is 1.19. The second-order valence-electron chi connectivity index (χ2n) is 6.73. The first-order valence-electron chi connectivity index (χ1n) is 8.68. The lowest BCUT2D eigenvalue weighted by Gasteiger charge is -2.31. The molecular formula is C18H26F3N3O. The van der Waals surface area contributed by atoms with Gasteiger partial charge in [0.1, 0.15) is 0 Å². The summed E-state index contributed by atoms with van der Waals surface area (Å²) in [6.07, 6.45) is -2.93. The van der Waals surface area contributed by atoms with Crippen molar-refractivity contribution in [1.29, 1.82) is 0 Å². The van der Waals surface area contributed by atoms with Crippen molar-refractivity contribution < 1.29 is 18.0 Å². The first-order chi connectivity index (χ1) is 11.8. The molecule has 2 atom stereocenters. The van der Waals surface area contributed by atoms with Crippen LogP contribution < -0.4 is 10.6 Å². The van der Waals surface area contributed by atoms with Gasteiger partial charge in [-0.05, 0) is 31.9 Å². The van der Waals surface area contributed by atoms with Crippen LogP contribution in [0.2, 0.25) is 0 Å². The van der Waals surface area contributed by atoms with Gasteiger partial charge in [-0.3, -0.25) is 0 Å². The highest BCUT2D eigenvalue weighted by Gasteiger charge is 2.42. The van der Waals surface area contributed by atoms with Gasteiger partial charge in [0.25, 0.3) is 0 Å². The van der Waals surface area contributed by atoms with Crippen molar-refractivity contribution in [1.82, 2.24) is 15.5 Å². The highest BCUT2D eigenvalue weighted by Crippen LogP contribution is 2.37. The fourth-order valence-corrected chi connectivity index (χ4v) is 3.19. The standard InChI is InChI=1S/C18H26F3N3O/c1-24(13-14-6-3-2-4-7-14)11-10-22-17(25)23-16-9-5-8-15(12-16)18(19,20)21/h2-4,6-7,15-16H,5,8-13H2,1H3,(H2,22,23,25). The van der Waals surface area contributed by atoms with E-state index in [4.69, 9.17) is 0 Å². The lowest BCUT2D eigenvalue weighted by atomic mass is 9.85. The molecule has 2 unspecified atom stereocenters. The molecule has 1 fully saturated rings. The molecule has 0 radical (unpaired) electrons. The fraction of sp³-hybridized carbons (Fsp3) is 0.611. The van der Waals surface area contributed by atoms with Gasteiger partial charge in [-0.25, -0.2) is 4.79 Å². The molecule has 0 aliphatic heterocycles. The van der Waals surface area contributed by atoms with E-state index in [2.05, 4.69) is 15.5 Å². The summed E-state index contributed by atoms with van der Waals surface area (Å²) < 4.78 is 38.4. The van der Waals surface area contributed by atoms with Gasteiger partial charge < -0.3 is 15.5 Å². The third kappa shape index (κ3) is 6.94. The number of hydrogen-bond acceptors (Lipinski definition) is 2. The molecule has 2 rings (SSSR count). The van der Waals surface area contributed by atoms with Gasteiger partial charge in [-0.2, -0.15) is 13.2 Å². The van der Waals surface area contributed by atoms with Gasteiger partial charge in [-0.15, -0.1) is 0 Å². The third-order valence-corrected chi connectivity index (χ3v) is 4.55. The second kappa shape index (κ2) is 9.08. The Morgan fingerprint density at radius 3 is 2.64 bits per heavy atom. The number of amides is 2. The van der Waals surface area contributed by atoms with Crippen molar-refractivity contribution in [3.05, 3.63) is 35.9 Å². The molecule has 0 heterocycles. The second-order valence-corrected chi connectivity index (χ2v) is 6.73. The molecule has 1 aromatic rings. The van der Waals surface area contributed by atoms with Crippen molar-refractivity contribution in [2.45, 2.75) is 44.4 Å². The number of alkyl halides is 3. The molecular weight excluding hydrogens is 331 g/mol. The normalized spacial score (nSPS) is 21.2. The van der Waals surface area contributed by atoms with E-state index in [1.807, 2.05) is 37.4 Å². The van der Waals surface area contributed by atoms with Gasteiger partial charge in [0.05, 0.1) is 5.92 Å². The van der Waals surface area contributed by atoms with E-state index >= 15 is 0 Å². The number of likely N-dealkylation sites (N-methyl/N-ethyl adjacent to an activating group) is 1. The fourth-order valence-electron chi connectivity index (χ4n) is 3.19. The highest BCUT2D eigenvalue weighted by molar-refractivity contribution is 5.74. The summed E-state index contributed by atoms with van der Waals surface area (Å²) in [6.45, 7) is 1.89. The molecule has 25 heavy (non-hydrogen) atoms. The van der Waals surface area contributed by atoms with E-state index in [-0.39, 0.29) is 18.9 Å². The maximum atomic E-state index is 12.8. The summed E-state index contributed by atoms with van der Waals surface area (Å²) in [5.74, 6) is -1.30. The lowest BCUT2D eigenvalue weighted by Crippen LogP contribution is -2.47. The number of urea groups is 1. The molecule has 2 N–H and O–H groups in total. The minimum atomic E-state index is -4.17. The van der Waals surface area contributed by atoms with Crippen LogP contribution in [-0.4, -0.2) is 43.3 Å². The highest BCUT2D eigenvalue weighted by atomic mass is 19.4. The maximum Gasteiger partial charge on any atom is 0.391 e. The van der Waals surface area contributed by atoms with E-state index in [0.717, 1.165) is 6.54 Å². The van der Waals surface area contributed by atoms with Crippen molar-refractivity contribution >= 4 is 6.03 Å². The summed E-state index contributed by atoms with van der Waals surface area (Å²) in [6, 6.07) is 9.21. The molecule has 4 nitrogen and oxygen atoms in total. The van der Waals surface area contributed by atoms with E-state index in [0.29, 0.717) is 25.9 Å². The van der Waals surface area contributed by atoms with Gasteiger partial charge >= 0.3 is 12.2 Å². The largest absolute Gasteiger partial charge is 0.391 e. The smallest absolute Gasteiger partial charge is 0.337 e. The Hall–Kier alpha value is -1.76. The average molecular weight is 357 g/mol. The molecule has 7 heteroatoms. The predicted octanol–water partition coefficient (Wildman–Crippen LogP) is 3.54. The molecule has 1 aliphatic rings. The van der Waals surface area contributed by atoms with Gasteiger partial charge in [0.2, 0.25) is 0 Å². The average Bonchev–Trinajstić information content (AvgIpc) is 2.55. The Morgan fingerprint density at radius 2 is 1.96 bits per heavy atom. The molecule has 1 aliphatic carbocycles. The zero-order chi connectivity index (χ0) is 18.3. The van der Waals surface area contributed by atoms with Crippen molar-refractivity contribution in [2.75, 3.05) is 20.1 Å². The molecule has 1 saturated carbocycles. The summed E-state index contributed by atoms with van der Waals surface area (Å²) in [4.78, 5) is 14.0. The summed E-state index contributed by atoms with van der Waals surface area (Å²) in [5, 5.41) is 5.40. The number of carbonyl (C=O) groups is 1. The number of nitrogens with zero attached hydrogens (tertiary/aromatic N) is 1. The number of hydrogen-bond donors (Lipinski definition) is 2. The van der Waals surface area contributed by atoms with Crippen molar-refractivity contribution in [3.63, 3.8) is 0 Å². The van der Waals surface area contributed by atoms with Crippen LogP contribution in [0.3, 0.4) is 0 Å². The molecule has 140 valence electrons. The number of carbonyl (C=O) groups excluding carboxylic acids is 1. The summed E-state index contributed by atoms with van der Waals surface area (Å²) >= 11 is 0. The Bertz CT molecular complexity index is 536. The predicted molar refractivity (Wildman–Crippen MR) is 91.1 cm³/mol. The van der Waals surface area contributed by atoms with Crippen LogP contribution >= 0.6 is 0 Å².